The van der Waals surface area contributed by atoms with Gasteiger partial charge in [0.05, 0.1) is 30.0 Å². The van der Waals surface area contributed by atoms with Crippen molar-refractivity contribution in [2.24, 2.45) is 4.99 Å². The van der Waals surface area contributed by atoms with E-state index in [1.807, 2.05) is 43.5 Å². The zero-order valence-electron chi connectivity index (χ0n) is 19.7. The molecule has 7 heteroatoms. The van der Waals surface area contributed by atoms with Gasteiger partial charge >= 0.3 is 0 Å². The van der Waals surface area contributed by atoms with Gasteiger partial charge in [-0.15, -0.1) is 6.58 Å². The average molecular weight is 477 g/mol. The van der Waals surface area contributed by atoms with Gasteiger partial charge in [0.25, 0.3) is 5.91 Å². The molecule has 0 unspecified atom stereocenters. The minimum Gasteiger partial charge on any atom is -0.490 e. The number of hydrogen-bond donors (Lipinski definition) is 0. The Bertz CT molecular complexity index is 1390. The molecule has 0 bridgehead atoms. The van der Waals surface area contributed by atoms with Crippen molar-refractivity contribution >= 4 is 38.2 Å². The van der Waals surface area contributed by atoms with Gasteiger partial charge in [0.2, 0.25) is 5.75 Å². The van der Waals surface area contributed by atoms with Crippen LogP contribution in [0.15, 0.2) is 66.2 Å². The Balaban J connectivity index is 1.88. The fourth-order valence-electron chi connectivity index (χ4n) is 3.85. The summed E-state index contributed by atoms with van der Waals surface area (Å²) in [6, 6.07) is 15.7. The first-order valence-corrected chi connectivity index (χ1v) is 12.2. The van der Waals surface area contributed by atoms with Crippen molar-refractivity contribution in [1.29, 1.82) is 0 Å². The zero-order chi connectivity index (χ0) is 24.1. The van der Waals surface area contributed by atoms with Crippen LogP contribution >= 0.6 is 11.3 Å². The molecule has 4 rings (SSSR count). The molecule has 0 fully saturated rings. The predicted molar refractivity (Wildman–Crippen MR) is 137 cm³/mol. The number of benzene rings is 3. The van der Waals surface area contributed by atoms with E-state index in [0.29, 0.717) is 54.0 Å². The number of carbonyl (C=O) groups excluding carboxylic acids is 1. The highest BCUT2D eigenvalue weighted by atomic mass is 32.1. The molecule has 0 N–H and O–H groups in total. The number of ether oxygens (including phenoxy) is 3. The Morgan fingerprint density at radius 1 is 1.00 bits per heavy atom. The summed E-state index contributed by atoms with van der Waals surface area (Å²) in [4.78, 5) is 18.5. The Morgan fingerprint density at radius 2 is 1.68 bits per heavy atom. The molecule has 0 aliphatic heterocycles. The lowest BCUT2D eigenvalue weighted by atomic mass is 10.1. The Kier molecular flexibility index (Phi) is 7.33. The van der Waals surface area contributed by atoms with Gasteiger partial charge < -0.3 is 18.8 Å². The van der Waals surface area contributed by atoms with Crippen LogP contribution in [0.4, 0.5) is 0 Å². The standard InChI is InChI=1S/C27H28N2O4S/c1-5-15-29-21-14-13-18-11-9-10-12-20(18)25(21)34-27(29)28-26(30)19-16-22(31-6-2)24(33-8-4)23(17-19)32-7-3/h5,9-14,16-17H,1,6-8,15H2,2-4H3. The number of amides is 1. The fourth-order valence-corrected chi connectivity index (χ4v) is 5.03. The van der Waals surface area contributed by atoms with E-state index >= 15 is 0 Å². The number of nitrogens with zero attached hydrogens (tertiary/aromatic N) is 2. The molecular formula is C27H28N2O4S. The van der Waals surface area contributed by atoms with Crippen LogP contribution in [-0.2, 0) is 6.54 Å². The molecule has 176 valence electrons. The molecular weight excluding hydrogens is 448 g/mol. The van der Waals surface area contributed by atoms with E-state index in [4.69, 9.17) is 14.2 Å². The number of hydrogen-bond acceptors (Lipinski definition) is 5. The highest BCUT2D eigenvalue weighted by Gasteiger charge is 2.19. The monoisotopic (exact) mass is 476 g/mol. The Hall–Kier alpha value is -3.58. The number of fused-ring (bicyclic) bond motifs is 3. The van der Waals surface area contributed by atoms with Crippen LogP contribution in [0.2, 0.25) is 0 Å². The second kappa shape index (κ2) is 10.6. The quantitative estimate of drug-likeness (QED) is 0.279. The van der Waals surface area contributed by atoms with Crippen LogP contribution in [0.1, 0.15) is 31.1 Å². The van der Waals surface area contributed by atoms with Gasteiger partial charge in [-0.3, -0.25) is 4.79 Å². The summed E-state index contributed by atoms with van der Waals surface area (Å²) in [6.45, 7) is 11.4. The fraction of sp³-hybridized carbons (Fsp3) is 0.259. The van der Waals surface area contributed by atoms with E-state index in [0.717, 1.165) is 21.0 Å². The van der Waals surface area contributed by atoms with Gasteiger partial charge in [-0.1, -0.05) is 47.7 Å². The van der Waals surface area contributed by atoms with Gasteiger partial charge in [0.15, 0.2) is 16.3 Å². The lowest BCUT2D eigenvalue weighted by Crippen LogP contribution is -2.16. The topological polar surface area (TPSA) is 62.1 Å². The lowest BCUT2D eigenvalue weighted by Gasteiger charge is -2.16. The Morgan fingerprint density at radius 3 is 2.32 bits per heavy atom. The molecule has 4 aromatic rings. The molecule has 0 saturated carbocycles. The second-order valence-corrected chi connectivity index (χ2v) is 8.41. The van der Waals surface area contributed by atoms with E-state index in [-0.39, 0.29) is 5.91 Å². The number of carbonyl (C=O) groups is 1. The maximum absolute atomic E-state index is 13.3. The maximum Gasteiger partial charge on any atom is 0.279 e. The zero-order valence-corrected chi connectivity index (χ0v) is 20.5. The average Bonchev–Trinajstić information content (AvgIpc) is 3.19. The van der Waals surface area contributed by atoms with Crippen LogP contribution in [-0.4, -0.2) is 30.3 Å². The van der Waals surface area contributed by atoms with Gasteiger partial charge in [-0.05, 0) is 44.4 Å². The maximum atomic E-state index is 13.3. The summed E-state index contributed by atoms with van der Waals surface area (Å²) in [5, 5.41) is 2.28. The van der Waals surface area contributed by atoms with Crippen molar-refractivity contribution in [2.45, 2.75) is 27.3 Å². The van der Waals surface area contributed by atoms with Crippen LogP contribution in [0.25, 0.3) is 21.0 Å². The van der Waals surface area contributed by atoms with E-state index in [1.165, 1.54) is 11.3 Å². The van der Waals surface area contributed by atoms with Gasteiger partial charge in [-0.25, -0.2) is 0 Å². The van der Waals surface area contributed by atoms with Crippen LogP contribution < -0.4 is 19.0 Å². The van der Waals surface area contributed by atoms with Crippen molar-refractivity contribution in [3.05, 3.63) is 71.6 Å². The van der Waals surface area contributed by atoms with Crippen molar-refractivity contribution < 1.29 is 19.0 Å². The van der Waals surface area contributed by atoms with Crippen molar-refractivity contribution in [3.63, 3.8) is 0 Å². The van der Waals surface area contributed by atoms with E-state index in [1.54, 1.807) is 12.1 Å². The summed E-state index contributed by atoms with van der Waals surface area (Å²) in [6.07, 6.45) is 1.81. The smallest absolute Gasteiger partial charge is 0.279 e. The summed E-state index contributed by atoms with van der Waals surface area (Å²) in [5.74, 6) is 1.06. The number of thiazole rings is 1. The molecule has 0 atom stereocenters. The molecule has 0 spiro atoms. The van der Waals surface area contributed by atoms with Crippen LogP contribution in [0, 0.1) is 0 Å². The van der Waals surface area contributed by atoms with E-state index in [9.17, 15) is 4.79 Å². The summed E-state index contributed by atoms with van der Waals surface area (Å²) >= 11 is 1.50. The normalized spacial score (nSPS) is 11.7. The molecule has 0 aliphatic carbocycles. The highest BCUT2D eigenvalue weighted by molar-refractivity contribution is 7.17. The molecule has 3 aromatic carbocycles. The minimum absolute atomic E-state index is 0.376. The second-order valence-electron chi connectivity index (χ2n) is 7.44. The molecule has 0 saturated heterocycles. The Labute approximate surface area is 202 Å². The number of rotatable bonds is 9. The number of allylic oxidation sites excluding steroid dienone is 1. The summed E-state index contributed by atoms with van der Waals surface area (Å²) < 4.78 is 20.4. The first kappa shape index (κ1) is 23.6. The SMILES string of the molecule is C=CCn1c(=NC(=O)c2cc(OCC)c(OCC)c(OCC)c2)sc2c3ccccc3ccc21. The summed E-state index contributed by atoms with van der Waals surface area (Å²) in [7, 11) is 0. The van der Waals surface area contributed by atoms with Crippen LogP contribution in [0.3, 0.4) is 0 Å². The number of aromatic nitrogens is 1. The predicted octanol–water partition coefficient (Wildman–Crippen LogP) is 5.98. The van der Waals surface area contributed by atoms with Crippen molar-refractivity contribution in [1.82, 2.24) is 4.57 Å². The van der Waals surface area contributed by atoms with E-state index < -0.39 is 0 Å². The van der Waals surface area contributed by atoms with Crippen molar-refractivity contribution in [2.75, 3.05) is 19.8 Å². The third-order valence-electron chi connectivity index (χ3n) is 5.24. The first-order valence-electron chi connectivity index (χ1n) is 11.4. The van der Waals surface area contributed by atoms with Gasteiger partial charge in [-0.2, -0.15) is 4.99 Å². The lowest BCUT2D eigenvalue weighted by molar-refractivity contribution is 0.0996. The van der Waals surface area contributed by atoms with E-state index in [2.05, 4.69) is 35.8 Å². The molecule has 1 aromatic heterocycles. The van der Waals surface area contributed by atoms with Crippen LogP contribution in [0.5, 0.6) is 17.2 Å². The first-order chi connectivity index (χ1) is 16.6. The molecule has 0 radical (unpaired) electrons. The third-order valence-corrected chi connectivity index (χ3v) is 6.37. The minimum atomic E-state index is -0.376. The molecule has 34 heavy (non-hydrogen) atoms. The van der Waals surface area contributed by atoms with Gasteiger partial charge in [0, 0.05) is 17.5 Å². The summed E-state index contributed by atoms with van der Waals surface area (Å²) in [5.41, 5.74) is 1.40. The molecule has 6 nitrogen and oxygen atoms in total. The van der Waals surface area contributed by atoms with Crippen molar-refractivity contribution in [3.8, 4) is 17.2 Å². The molecule has 1 heterocycles. The molecule has 0 aliphatic rings. The van der Waals surface area contributed by atoms with Gasteiger partial charge in [0.1, 0.15) is 0 Å². The largest absolute Gasteiger partial charge is 0.490 e. The third kappa shape index (κ3) is 4.56. The highest BCUT2D eigenvalue weighted by Crippen LogP contribution is 2.39. The molecule has 1 amide bonds.